The first kappa shape index (κ1) is 25.1. The molecule has 0 spiro atoms. The molecule has 4 rings (SSSR count). The van der Waals surface area contributed by atoms with Gasteiger partial charge in [-0.1, -0.05) is 41.9 Å². The molecule has 0 fully saturated rings. The number of nitrogens with one attached hydrogen (secondary N) is 1. The van der Waals surface area contributed by atoms with Crippen molar-refractivity contribution in [3.63, 3.8) is 0 Å². The highest BCUT2D eigenvalue weighted by Gasteiger charge is 2.20. The van der Waals surface area contributed by atoms with Crippen molar-refractivity contribution in [2.24, 2.45) is 10.2 Å². The van der Waals surface area contributed by atoms with Crippen LogP contribution >= 0.6 is 11.6 Å². The van der Waals surface area contributed by atoms with Gasteiger partial charge in [0, 0.05) is 22.2 Å². The lowest BCUT2D eigenvalue weighted by Gasteiger charge is -2.12. The SMILES string of the molecule is COc1cccc(NC(=O)c2cc3ccccc3c(N=Nc3cc(S(=O)(=O)O)cc(Cl)c3C)c2O)c1. The molecule has 0 heterocycles. The van der Waals surface area contributed by atoms with Gasteiger partial charge in [-0.2, -0.15) is 13.5 Å². The Morgan fingerprint density at radius 1 is 1.03 bits per heavy atom. The van der Waals surface area contributed by atoms with E-state index < -0.39 is 26.7 Å². The van der Waals surface area contributed by atoms with Gasteiger partial charge in [-0.05, 0) is 48.2 Å². The Labute approximate surface area is 211 Å². The quantitative estimate of drug-likeness (QED) is 0.196. The third kappa shape index (κ3) is 5.15. The molecule has 3 N–H and O–H groups in total. The summed E-state index contributed by atoms with van der Waals surface area (Å²) in [6.07, 6.45) is 0. The average Bonchev–Trinajstić information content (AvgIpc) is 2.84. The lowest BCUT2D eigenvalue weighted by Crippen LogP contribution is -2.12. The first-order chi connectivity index (χ1) is 17.1. The molecule has 1 amide bonds. The van der Waals surface area contributed by atoms with E-state index in [9.17, 15) is 22.9 Å². The fourth-order valence-electron chi connectivity index (χ4n) is 3.49. The third-order valence-electron chi connectivity index (χ3n) is 5.41. The van der Waals surface area contributed by atoms with Crippen molar-refractivity contribution in [1.82, 2.24) is 0 Å². The maximum Gasteiger partial charge on any atom is 0.294 e. The zero-order valence-electron chi connectivity index (χ0n) is 19.1. The number of aromatic hydroxyl groups is 1. The summed E-state index contributed by atoms with van der Waals surface area (Å²) in [5, 5.41) is 23.1. The summed E-state index contributed by atoms with van der Waals surface area (Å²) in [6.45, 7) is 1.60. The highest BCUT2D eigenvalue weighted by Crippen LogP contribution is 2.40. The maximum absolute atomic E-state index is 13.1. The number of azo groups is 1. The van der Waals surface area contributed by atoms with Crippen molar-refractivity contribution in [2.45, 2.75) is 11.8 Å². The number of phenolic OH excluding ortho intramolecular Hbond substituents is 1. The average molecular weight is 526 g/mol. The van der Waals surface area contributed by atoms with Crippen molar-refractivity contribution in [3.05, 3.63) is 82.9 Å². The van der Waals surface area contributed by atoms with Crippen molar-refractivity contribution in [3.8, 4) is 11.5 Å². The predicted octanol–water partition coefficient (Wildman–Crippen LogP) is 6.43. The third-order valence-corrected chi connectivity index (χ3v) is 6.64. The van der Waals surface area contributed by atoms with Gasteiger partial charge in [0.15, 0.2) is 5.75 Å². The van der Waals surface area contributed by atoms with Crippen LogP contribution < -0.4 is 10.1 Å². The minimum absolute atomic E-state index is 0.00308. The maximum atomic E-state index is 13.1. The highest BCUT2D eigenvalue weighted by atomic mass is 35.5. The number of amides is 1. The predicted molar refractivity (Wildman–Crippen MR) is 137 cm³/mol. The number of hydrogen-bond acceptors (Lipinski definition) is 7. The van der Waals surface area contributed by atoms with Crippen LogP contribution in [0.4, 0.5) is 17.1 Å². The molecule has 0 atom stereocenters. The largest absolute Gasteiger partial charge is 0.505 e. The minimum atomic E-state index is -4.54. The molecule has 0 unspecified atom stereocenters. The summed E-state index contributed by atoms with van der Waals surface area (Å²) in [5.41, 5.74) is 0.874. The summed E-state index contributed by atoms with van der Waals surface area (Å²) >= 11 is 6.11. The number of halogens is 1. The molecule has 0 bridgehead atoms. The fourth-order valence-corrected chi connectivity index (χ4v) is 4.29. The van der Waals surface area contributed by atoms with E-state index in [-0.39, 0.29) is 22.0 Å². The summed E-state index contributed by atoms with van der Waals surface area (Å²) in [7, 11) is -3.03. The standard InChI is InChI=1S/C25H20ClN3O6S/c1-14-21(26)12-18(36(32,33)34)13-22(14)28-29-23-19-9-4-3-6-15(19)10-20(24(23)30)25(31)27-16-7-5-8-17(11-16)35-2/h3-13,30H,1-2H3,(H,27,31)(H,32,33,34). The Morgan fingerprint density at radius 3 is 2.50 bits per heavy atom. The van der Waals surface area contributed by atoms with Crippen LogP contribution in [0.1, 0.15) is 15.9 Å². The summed E-state index contributed by atoms with van der Waals surface area (Å²) in [5.74, 6) is -0.464. The van der Waals surface area contributed by atoms with Gasteiger partial charge < -0.3 is 15.2 Å². The van der Waals surface area contributed by atoms with Crippen molar-refractivity contribution in [2.75, 3.05) is 12.4 Å². The molecule has 11 heteroatoms. The van der Waals surface area contributed by atoms with Gasteiger partial charge in [-0.3, -0.25) is 9.35 Å². The molecule has 0 aliphatic rings. The van der Waals surface area contributed by atoms with Gasteiger partial charge in [0.1, 0.15) is 11.4 Å². The number of nitrogens with zero attached hydrogens (tertiary/aromatic N) is 2. The van der Waals surface area contributed by atoms with Crippen LogP contribution in [0.2, 0.25) is 5.02 Å². The topological polar surface area (TPSA) is 138 Å². The molecular weight excluding hydrogens is 506 g/mol. The molecule has 4 aromatic carbocycles. The number of benzene rings is 4. The van der Waals surface area contributed by atoms with Crippen LogP contribution in [0.25, 0.3) is 10.8 Å². The monoisotopic (exact) mass is 525 g/mol. The second kappa shape index (κ2) is 9.94. The number of methoxy groups -OCH3 is 1. The summed E-state index contributed by atoms with van der Waals surface area (Å²) in [6, 6.07) is 17.4. The van der Waals surface area contributed by atoms with E-state index >= 15 is 0 Å². The highest BCUT2D eigenvalue weighted by molar-refractivity contribution is 7.85. The molecule has 0 aliphatic carbocycles. The van der Waals surface area contributed by atoms with Gasteiger partial charge >= 0.3 is 0 Å². The Kier molecular flexibility index (Phi) is 6.93. The molecule has 0 saturated heterocycles. The van der Waals surface area contributed by atoms with Crippen molar-refractivity contribution < 1.29 is 27.6 Å². The number of hydrogen-bond donors (Lipinski definition) is 3. The van der Waals surface area contributed by atoms with E-state index in [2.05, 4.69) is 15.5 Å². The molecule has 0 aromatic heterocycles. The molecule has 4 aromatic rings. The molecule has 0 saturated carbocycles. The van der Waals surface area contributed by atoms with Gasteiger partial charge in [0.05, 0.1) is 23.3 Å². The van der Waals surface area contributed by atoms with E-state index in [1.165, 1.54) is 13.2 Å². The molecule has 9 nitrogen and oxygen atoms in total. The second-order valence-electron chi connectivity index (χ2n) is 7.75. The van der Waals surface area contributed by atoms with Gasteiger partial charge in [-0.15, -0.1) is 5.11 Å². The van der Waals surface area contributed by atoms with Crippen molar-refractivity contribution >= 4 is 55.5 Å². The Hall–Kier alpha value is -3.99. The van der Waals surface area contributed by atoms with E-state index in [1.54, 1.807) is 55.5 Å². The van der Waals surface area contributed by atoms with Crippen LogP contribution in [0, 0.1) is 6.92 Å². The normalized spacial score (nSPS) is 11.7. The zero-order valence-corrected chi connectivity index (χ0v) is 20.6. The van der Waals surface area contributed by atoms with E-state index in [4.69, 9.17) is 16.3 Å². The molecule has 0 radical (unpaired) electrons. The zero-order chi connectivity index (χ0) is 26.0. The lowest BCUT2D eigenvalue weighted by molar-refractivity contribution is 0.102. The number of carbonyl (C=O) groups is 1. The summed E-state index contributed by atoms with van der Waals surface area (Å²) in [4.78, 5) is 12.6. The number of ether oxygens (including phenoxy) is 1. The Balaban J connectivity index is 1.81. The Bertz CT molecular complexity index is 1640. The van der Waals surface area contributed by atoms with Crippen LogP contribution in [-0.2, 0) is 10.1 Å². The van der Waals surface area contributed by atoms with Crippen LogP contribution in [0.5, 0.6) is 11.5 Å². The number of anilines is 1. The minimum Gasteiger partial charge on any atom is -0.505 e. The van der Waals surface area contributed by atoms with Crippen LogP contribution in [0.15, 0.2) is 81.9 Å². The number of fused-ring (bicyclic) bond motifs is 1. The first-order valence-electron chi connectivity index (χ1n) is 10.5. The van der Waals surface area contributed by atoms with E-state index in [0.717, 1.165) is 12.1 Å². The lowest BCUT2D eigenvalue weighted by atomic mass is 10.0. The van der Waals surface area contributed by atoms with Gasteiger partial charge in [0.2, 0.25) is 0 Å². The summed E-state index contributed by atoms with van der Waals surface area (Å²) < 4.78 is 37.8. The number of phenols is 1. The number of rotatable bonds is 6. The van der Waals surface area contributed by atoms with E-state index in [0.29, 0.717) is 27.8 Å². The second-order valence-corrected chi connectivity index (χ2v) is 9.58. The van der Waals surface area contributed by atoms with Crippen LogP contribution in [0.3, 0.4) is 0 Å². The fraction of sp³-hybridized carbons (Fsp3) is 0.0800. The number of carbonyl (C=O) groups excluding carboxylic acids is 1. The molecule has 0 aliphatic heterocycles. The molecule has 36 heavy (non-hydrogen) atoms. The van der Waals surface area contributed by atoms with E-state index in [1.807, 2.05) is 0 Å². The molecule has 184 valence electrons. The van der Waals surface area contributed by atoms with Gasteiger partial charge in [-0.25, -0.2) is 0 Å². The molecular formula is C25H20ClN3O6S. The first-order valence-corrected chi connectivity index (χ1v) is 12.3. The van der Waals surface area contributed by atoms with Crippen LogP contribution in [-0.4, -0.2) is 31.1 Å². The van der Waals surface area contributed by atoms with Gasteiger partial charge in [0.25, 0.3) is 16.0 Å². The Morgan fingerprint density at radius 2 is 1.78 bits per heavy atom. The van der Waals surface area contributed by atoms with Crippen molar-refractivity contribution in [1.29, 1.82) is 0 Å². The smallest absolute Gasteiger partial charge is 0.294 e.